The zero-order valence-electron chi connectivity index (χ0n) is 21.4. The molecule has 0 spiro atoms. The van der Waals surface area contributed by atoms with Gasteiger partial charge in [-0.05, 0) is 74.6 Å². The van der Waals surface area contributed by atoms with E-state index in [1.54, 1.807) is 33.5 Å². The van der Waals surface area contributed by atoms with Crippen molar-refractivity contribution < 1.29 is 8.42 Å². The van der Waals surface area contributed by atoms with Crippen molar-refractivity contribution in [2.75, 3.05) is 31.1 Å². The Morgan fingerprint density at radius 3 is 2.50 bits per heavy atom. The highest BCUT2D eigenvalue weighted by molar-refractivity contribution is 7.98. The number of hydrogen-bond donors (Lipinski definition) is 0. The third-order valence-corrected chi connectivity index (χ3v) is 11.8. The van der Waals surface area contributed by atoms with Gasteiger partial charge in [0.15, 0.2) is 0 Å². The second-order valence-corrected chi connectivity index (χ2v) is 14.4. The molecule has 1 aliphatic heterocycles. The fraction of sp³-hybridized carbons (Fsp3) is 0.357. The molecule has 38 heavy (non-hydrogen) atoms. The minimum atomic E-state index is -3.54. The van der Waals surface area contributed by atoms with Gasteiger partial charge in [-0.15, -0.1) is 23.1 Å². The van der Waals surface area contributed by atoms with Gasteiger partial charge in [0.1, 0.15) is 16.5 Å². The van der Waals surface area contributed by atoms with Crippen LogP contribution in [0.3, 0.4) is 0 Å². The highest BCUT2D eigenvalue weighted by atomic mass is 35.5. The van der Waals surface area contributed by atoms with E-state index >= 15 is 0 Å². The SMILES string of the molecule is Cc1ccc(S(=O)(=O)N2CCN(c3nc(CSc4ccc(Cl)cc4)nc4sc5c(c34)CCC5)CC2)c(C)c1. The van der Waals surface area contributed by atoms with Crippen molar-refractivity contribution in [1.82, 2.24) is 14.3 Å². The fourth-order valence-electron chi connectivity index (χ4n) is 5.36. The summed E-state index contributed by atoms with van der Waals surface area (Å²) in [5.41, 5.74) is 3.25. The highest BCUT2D eigenvalue weighted by Gasteiger charge is 2.32. The molecular formula is C28H29ClN4O2S3. The minimum absolute atomic E-state index is 0.401. The van der Waals surface area contributed by atoms with Gasteiger partial charge in [-0.3, -0.25) is 0 Å². The Kier molecular flexibility index (Phi) is 7.15. The molecule has 0 amide bonds. The second kappa shape index (κ2) is 10.4. The molecule has 0 atom stereocenters. The highest BCUT2D eigenvalue weighted by Crippen LogP contribution is 2.41. The quantitative estimate of drug-likeness (QED) is 0.249. The third kappa shape index (κ3) is 4.95. The average Bonchev–Trinajstić information content (AvgIpc) is 3.49. The van der Waals surface area contributed by atoms with E-state index < -0.39 is 10.0 Å². The van der Waals surface area contributed by atoms with Gasteiger partial charge < -0.3 is 4.90 Å². The monoisotopic (exact) mass is 584 g/mol. The first kappa shape index (κ1) is 26.1. The van der Waals surface area contributed by atoms with Gasteiger partial charge in [-0.2, -0.15) is 4.31 Å². The molecule has 1 fully saturated rings. The summed E-state index contributed by atoms with van der Waals surface area (Å²) in [5.74, 6) is 2.43. The van der Waals surface area contributed by atoms with E-state index in [1.165, 1.54) is 22.2 Å². The lowest BCUT2D eigenvalue weighted by Gasteiger charge is -2.35. The maximum atomic E-state index is 13.5. The normalized spacial score (nSPS) is 16.3. The zero-order valence-corrected chi connectivity index (χ0v) is 24.6. The van der Waals surface area contributed by atoms with Crippen LogP contribution in [0.25, 0.3) is 10.2 Å². The van der Waals surface area contributed by atoms with E-state index in [1.807, 2.05) is 50.2 Å². The summed E-state index contributed by atoms with van der Waals surface area (Å²) in [6.45, 7) is 5.92. The van der Waals surface area contributed by atoms with Crippen LogP contribution in [0.2, 0.25) is 5.02 Å². The molecule has 1 saturated heterocycles. The average molecular weight is 585 g/mol. The second-order valence-electron chi connectivity index (χ2n) is 9.90. The van der Waals surface area contributed by atoms with E-state index in [4.69, 9.17) is 21.6 Å². The number of aryl methyl sites for hydroxylation is 4. The maximum absolute atomic E-state index is 13.5. The molecule has 2 aromatic heterocycles. The lowest BCUT2D eigenvalue weighted by molar-refractivity contribution is 0.384. The number of halogens is 1. The summed E-state index contributed by atoms with van der Waals surface area (Å²) < 4.78 is 28.5. The summed E-state index contributed by atoms with van der Waals surface area (Å²) in [5, 5.41) is 1.90. The molecule has 6 rings (SSSR count). The van der Waals surface area contributed by atoms with Gasteiger partial charge in [-0.1, -0.05) is 29.3 Å². The molecule has 0 radical (unpaired) electrons. The topological polar surface area (TPSA) is 66.4 Å². The molecule has 198 valence electrons. The first-order chi connectivity index (χ1) is 18.3. The summed E-state index contributed by atoms with van der Waals surface area (Å²) >= 11 is 9.54. The summed E-state index contributed by atoms with van der Waals surface area (Å²) in [7, 11) is -3.54. The van der Waals surface area contributed by atoms with Crippen LogP contribution in [0.4, 0.5) is 5.82 Å². The molecule has 0 saturated carbocycles. The Hall–Kier alpha value is -2.17. The van der Waals surface area contributed by atoms with Gasteiger partial charge in [-0.25, -0.2) is 18.4 Å². The Bertz CT molecular complexity index is 1610. The number of anilines is 1. The molecule has 6 nitrogen and oxygen atoms in total. The predicted octanol–water partition coefficient (Wildman–Crippen LogP) is 6.25. The standard InChI is InChI=1S/C28H29ClN4O2S3/c1-18-6-11-24(19(2)16-18)38(34,35)33-14-12-32(13-15-33)27-26-22-4-3-5-23(22)37-28(26)31-25(30-27)17-36-21-9-7-20(29)8-10-21/h6-11,16H,3-5,12-15,17H2,1-2H3. The summed E-state index contributed by atoms with van der Waals surface area (Å²) in [4.78, 5) is 16.3. The molecule has 2 aliphatic rings. The van der Waals surface area contributed by atoms with Crippen LogP contribution in [-0.2, 0) is 28.6 Å². The summed E-state index contributed by atoms with van der Waals surface area (Å²) in [6.07, 6.45) is 3.34. The number of piperazine rings is 1. The van der Waals surface area contributed by atoms with Crippen LogP contribution >= 0.6 is 34.7 Å². The van der Waals surface area contributed by atoms with Crippen molar-refractivity contribution in [2.24, 2.45) is 0 Å². The first-order valence-electron chi connectivity index (χ1n) is 12.8. The molecule has 3 heterocycles. The van der Waals surface area contributed by atoms with Crippen molar-refractivity contribution in [3.63, 3.8) is 0 Å². The van der Waals surface area contributed by atoms with Gasteiger partial charge in [0, 0.05) is 41.0 Å². The number of thiophene rings is 1. The van der Waals surface area contributed by atoms with Crippen LogP contribution in [0.15, 0.2) is 52.3 Å². The molecule has 4 aromatic rings. The molecule has 2 aromatic carbocycles. The van der Waals surface area contributed by atoms with Gasteiger partial charge >= 0.3 is 0 Å². The largest absolute Gasteiger partial charge is 0.353 e. The number of fused-ring (bicyclic) bond motifs is 3. The van der Waals surface area contributed by atoms with Crippen molar-refractivity contribution in [3.8, 4) is 0 Å². The number of sulfonamides is 1. The maximum Gasteiger partial charge on any atom is 0.243 e. The van der Waals surface area contributed by atoms with Crippen LogP contribution < -0.4 is 4.90 Å². The number of hydrogen-bond acceptors (Lipinski definition) is 7. The molecular weight excluding hydrogens is 556 g/mol. The number of aromatic nitrogens is 2. The van der Waals surface area contributed by atoms with E-state index in [9.17, 15) is 8.42 Å². The van der Waals surface area contributed by atoms with E-state index in [0.717, 1.165) is 50.4 Å². The van der Waals surface area contributed by atoms with Crippen molar-refractivity contribution in [3.05, 3.63) is 74.9 Å². The van der Waals surface area contributed by atoms with Crippen LogP contribution in [0.1, 0.15) is 33.8 Å². The Morgan fingerprint density at radius 1 is 1.00 bits per heavy atom. The number of rotatable bonds is 6. The first-order valence-corrected chi connectivity index (χ1v) is 16.4. The van der Waals surface area contributed by atoms with Crippen LogP contribution in [0, 0.1) is 13.8 Å². The number of benzene rings is 2. The van der Waals surface area contributed by atoms with Crippen molar-refractivity contribution >= 4 is 60.8 Å². The van der Waals surface area contributed by atoms with Gasteiger partial charge in [0.25, 0.3) is 0 Å². The van der Waals surface area contributed by atoms with Crippen molar-refractivity contribution in [2.45, 2.75) is 48.7 Å². The van der Waals surface area contributed by atoms with Gasteiger partial charge in [0.2, 0.25) is 10.0 Å². The Labute approximate surface area is 237 Å². The third-order valence-electron chi connectivity index (χ3n) is 7.26. The minimum Gasteiger partial charge on any atom is -0.353 e. The van der Waals surface area contributed by atoms with E-state index in [2.05, 4.69) is 4.90 Å². The Morgan fingerprint density at radius 2 is 1.76 bits per heavy atom. The predicted molar refractivity (Wildman–Crippen MR) is 157 cm³/mol. The van der Waals surface area contributed by atoms with Gasteiger partial charge in [0.05, 0.1) is 16.0 Å². The fourth-order valence-corrected chi connectivity index (χ4v) is 9.14. The number of nitrogens with zero attached hydrogens (tertiary/aromatic N) is 4. The van der Waals surface area contributed by atoms with E-state index in [-0.39, 0.29) is 0 Å². The summed E-state index contributed by atoms with van der Waals surface area (Å²) in [6, 6.07) is 13.4. The lowest BCUT2D eigenvalue weighted by Crippen LogP contribution is -2.49. The molecule has 0 N–H and O–H groups in total. The zero-order chi connectivity index (χ0) is 26.4. The number of thioether (sulfide) groups is 1. The van der Waals surface area contributed by atoms with Crippen LogP contribution in [-0.4, -0.2) is 48.9 Å². The molecule has 1 aliphatic carbocycles. The smallest absolute Gasteiger partial charge is 0.243 e. The molecule has 0 bridgehead atoms. The van der Waals surface area contributed by atoms with E-state index in [0.29, 0.717) is 36.8 Å². The molecule has 10 heteroatoms. The lowest BCUT2D eigenvalue weighted by atomic mass is 10.1. The molecule has 0 unspecified atom stereocenters. The Balaban J connectivity index is 1.27. The van der Waals surface area contributed by atoms with Crippen molar-refractivity contribution in [1.29, 1.82) is 0 Å². The van der Waals surface area contributed by atoms with Crippen LogP contribution in [0.5, 0.6) is 0 Å².